The molecular formula is C20H26N4O2. The molecule has 138 valence electrons. The molecule has 0 N–H and O–H groups in total. The molecule has 6 heteroatoms. The van der Waals surface area contributed by atoms with Gasteiger partial charge < -0.3 is 9.47 Å². The first-order chi connectivity index (χ1) is 12.3. The average molecular weight is 354 g/mol. The van der Waals surface area contributed by atoms with Gasteiger partial charge >= 0.3 is 5.69 Å². The molecule has 0 saturated heterocycles. The number of aromatic nitrogens is 3. The van der Waals surface area contributed by atoms with Crippen LogP contribution in [0.15, 0.2) is 40.1 Å². The lowest BCUT2D eigenvalue weighted by Crippen LogP contribution is -2.36. The van der Waals surface area contributed by atoms with Gasteiger partial charge in [-0.1, -0.05) is 23.8 Å². The fraction of sp³-hybridized carbons (Fsp3) is 0.400. The number of hydrogen-bond acceptors (Lipinski definition) is 3. The van der Waals surface area contributed by atoms with Crippen molar-refractivity contribution in [1.82, 2.24) is 18.6 Å². The molecule has 3 rings (SSSR count). The summed E-state index contributed by atoms with van der Waals surface area (Å²) in [7, 11) is 7.35. The van der Waals surface area contributed by atoms with Crippen molar-refractivity contribution >= 4 is 10.9 Å². The predicted octanol–water partition coefficient (Wildman–Crippen LogP) is 1.97. The number of rotatable bonds is 5. The van der Waals surface area contributed by atoms with Crippen LogP contribution in [0.25, 0.3) is 22.2 Å². The Hall–Kier alpha value is -2.60. The molecule has 3 aromatic rings. The van der Waals surface area contributed by atoms with Crippen molar-refractivity contribution in [2.24, 2.45) is 14.1 Å². The number of nitrogens with zero attached hydrogens (tertiary/aromatic N) is 4. The van der Waals surface area contributed by atoms with Gasteiger partial charge in [-0.2, -0.15) is 0 Å². The molecule has 0 bridgehead atoms. The van der Waals surface area contributed by atoms with Crippen molar-refractivity contribution in [2.75, 3.05) is 20.6 Å². The summed E-state index contributed by atoms with van der Waals surface area (Å²) in [5.74, 6) is 0. The van der Waals surface area contributed by atoms with E-state index in [2.05, 4.69) is 15.5 Å². The van der Waals surface area contributed by atoms with Gasteiger partial charge in [-0.15, -0.1) is 0 Å². The lowest BCUT2D eigenvalue weighted by molar-refractivity contribution is 0.387. The summed E-state index contributed by atoms with van der Waals surface area (Å²) in [5, 5.41) is 0.602. The first kappa shape index (κ1) is 18.2. The number of fused-ring (bicyclic) bond motifs is 1. The van der Waals surface area contributed by atoms with Crippen molar-refractivity contribution in [3.63, 3.8) is 0 Å². The van der Waals surface area contributed by atoms with Crippen LogP contribution in [-0.2, 0) is 20.6 Å². The normalized spacial score (nSPS) is 11.6. The highest BCUT2D eigenvalue weighted by Gasteiger charge is 2.19. The third-order valence-electron chi connectivity index (χ3n) is 4.81. The summed E-state index contributed by atoms with van der Waals surface area (Å²) in [5.41, 5.74) is 3.16. The van der Waals surface area contributed by atoms with Gasteiger partial charge in [0.25, 0.3) is 5.56 Å². The summed E-state index contributed by atoms with van der Waals surface area (Å²) >= 11 is 0. The van der Waals surface area contributed by atoms with Crippen molar-refractivity contribution < 1.29 is 0 Å². The smallest absolute Gasteiger partial charge is 0.330 e. The molecule has 0 aliphatic rings. The Bertz CT molecular complexity index is 1070. The van der Waals surface area contributed by atoms with Gasteiger partial charge in [0.15, 0.2) is 0 Å². The van der Waals surface area contributed by atoms with Crippen LogP contribution in [0.3, 0.4) is 0 Å². The molecule has 2 heterocycles. The van der Waals surface area contributed by atoms with Crippen LogP contribution >= 0.6 is 0 Å². The SMILES string of the molecule is Cc1cccc(-c2c3c(=O)n(C)c(=O)n(C)c3cn2CCCN(C)C)c1. The highest BCUT2D eigenvalue weighted by atomic mass is 16.2. The van der Waals surface area contributed by atoms with Crippen molar-refractivity contribution in [2.45, 2.75) is 19.9 Å². The second-order valence-corrected chi connectivity index (χ2v) is 7.16. The average Bonchev–Trinajstić information content (AvgIpc) is 2.97. The third-order valence-corrected chi connectivity index (χ3v) is 4.81. The maximum Gasteiger partial charge on any atom is 0.330 e. The minimum absolute atomic E-state index is 0.244. The second kappa shape index (κ2) is 6.96. The zero-order chi connectivity index (χ0) is 19.0. The summed E-state index contributed by atoms with van der Waals surface area (Å²) in [6.45, 7) is 3.78. The molecule has 0 atom stereocenters. The van der Waals surface area contributed by atoms with Crippen LogP contribution in [0.4, 0.5) is 0 Å². The Balaban J connectivity index is 2.30. The Kier molecular flexibility index (Phi) is 4.87. The Morgan fingerprint density at radius 1 is 1.08 bits per heavy atom. The van der Waals surface area contributed by atoms with E-state index in [0.717, 1.165) is 36.3 Å². The number of aryl methyl sites for hydroxylation is 3. The molecule has 2 aromatic heterocycles. The molecule has 0 radical (unpaired) electrons. The molecule has 0 unspecified atom stereocenters. The van der Waals surface area contributed by atoms with E-state index in [9.17, 15) is 9.59 Å². The zero-order valence-corrected chi connectivity index (χ0v) is 16.1. The first-order valence-electron chi connectivity index (χ1n) is 8.82. The van der Waals surface area contributed by atoms with Crippen molar-refractivity contribution in [3.8, 4) is 11.3 Å². The molecule has 0 fully saturated rings. The molecule has 6 nitrogen and oxygen atoms in total. The van der Waals surface area contributed by atoms with Crippen molar-refractivity contribution in [3.05, 3.63) is 56.9 Å². The Morgan fingerprint density at radius 3 is 2.46 bits per heavy atom. The van der Waals surface area contributed by atoms with E-state index < -0.39 is 0 Å². The van der Waals surface area contributed by atoms with E-state index in [1.807, 2.05) is 45.4 Å². The van der Waals surface area contributed by atoms with Gasteiger partial charge in [-0.3, -0.25) is 13.9 Å². The lowest BCUT2D eigenvalue weighted by atomic mass is 10.1. The van der Waals surface area contributed by atoms with Crippen molar-refractivity contribution in [1.29, 1.82) is 0 Å². The van der Waals surface area contributed by atoms with Gasteiger partial charge in [0, 0.05) is 26.8 Å². The van der Waals surface area contributed by atoms with Gasteiger partial charge in [-0.25, -0.2) is 4.79 Å². The van der Waals surface area contributed by atoms with E-state index in [1.165, 1.54) is 11.6 Å². The molecule has 0 aliphatic carbocycles. The molecular weight excluding hydrogens is 328 g/mol. The van der Waals surface area contributed by atoms with Gasteiger partial charge in [0.1, 0.15) is 0 Å². The van der Waals surface area contributed by atoms with E-state index >= 15 is 0 Å². The quantitative estimate of drug-likeness (QED) is 0.704. The van der Waals surface area contributed by atoms with E-state index in [-0.39, 0.29) is 11.2 Å². The monoisotopic (exact) mass is 354 g/mol. The molecule has 1 aromatic carbocycles. The molecule has 0 saturated carbocycles. The fourth-order valence-electron chi connectivity index (χ4n) is 3.43. The number of hydrogen-bond donors (Lipinski definition) is 0. The van der Waals surface area contributed by atoms with Gasteiger partial charge in [-0.05, 0) is 45.6 Å². The van der Waals surface area contributed by atoms with Crippen LogP contribution in [0, 0.1) is 6.92 Å². The Labute approximate surface area is 152 Å². The van der Waals surface area contributed by atoms with Crippen LogP contribution in [0.5, 0.6) is 0 Å². The summed E-state index contributed by atoms with van der Waals surface area (Å²) in [4.78, 5) is 27.4. The highest BCUT2D eigenvalue weighted by Crippen LogP contribution is 2.28. The molecule has 0 amide bonds. The van der Waals surface area contributed by atoms with Crippen LogP contribution in [-0.4, -0.2) is 39.2 Å². The molecule has 0 aliphatic heterocycles. The van der Waals surface area contributed by atoms with E-state index in [4.69, 9.17) is 0 Å². The van der Waals surface area contributed by atoms with E-state index in [1.54, 1.807) is 11.6 Å². The first-order valence-corrected chi connectivity index (χ1v) is 8.82. The minimum Gasteiger partial charge on any atom is -0.345 e. The lowest BCUT2D eigenvalue weighted by Gasteiger charge is -2.13. The topological polar surface area (TPSA) is 52.2 Å². The summed E-state index contributed by atoms with van der Waals surface area (Å²) < 4.78 is 4.86. The molecule has 0 spiro atoms. The maximum absolute atomic E-state index is 12.9. The predicted molar refractivity (Wildman–Crippen MR) is 106 cm³/mol. The van der Waals surface area contributed by atoms with E-state index in [0.29, 0.717) is 10.9 Å². The van der Waals surface area contributed by atoms with Gasteiger partial charge in [0.2, 0.25) is 0 Å². The van der Waals surface area contributed by atoms with Crippen LogP contribution in [0.2, 0.25) is 0 Å². The maximum atomic E-state index is 12.9. The standard InChI is InChI=1S/C20H26N4O2/c1-14-8-6-9-15(12-14)18-17-16(13-24(18)11-7-10-21(2)3)22(4)20(26)23(5)19(17)25/h6,8-9,12-13H,7,10-11H2,1-5H3. The zero-order valence-electron chi connectivity index (χ0n) is 16.1. The largest absolute Gasteiger partial charge is 0.345 e. The highest BCUT2D eigenvalue weighted by molar-refractivity contribution is 5.93. The summed E-state index contributed by atoms with van der Waals surface area (Å²) in [6, 6.07) is 8.15. The number of benzene rings is 1. The second-order valence-electron chi connectivity index (χ2n) is 7.16. The fourth-order valence-corrected chi connectivity index (χ4v) is 3.43. The van der Waals surface area contributed by atoms with Gasteiger partial charge in [0.05, 0.1) is 16.6 Å². The van der Waals surface area contributed by atoms with Crippen LogP contribution < -0.4 is 11.2 Å². The molecule has 26 heavy (non-hydrogen) atoms. The minimum atomic E-state index is -0.302. The summed E-state index contributed by atoms with van der Waals surface area (Å²) in [6.07, 6.45) is 2.90. The van der Waals surface area contributed by atoms with Crippen LogP contribution in [0.1, 0.15) is 12.0 Å². The third kappa shape index (κ3) is 3.12. The Morgan fingerprint density at radius 2 is 1.81 bits per heavy atom.